The van der Waals surface area contributed by atoms with Crippen molar-refractivity contribution in [3.05, 3.63) is 54.7 Å². The van der Waals surface area contributed by atoms with E-state index in [0.29, 0.717) is 12.0 Å². The number of fused-ring (bicyclic) bond motifs is 4. The van der Waals surface area contributed by atoms with Gasteiger partial charge in [0.15, 0.2) is 0 Å². The molecule has 4 heterocycles. The lowest BCUT2D eigenvalue weighted by Crippen LogP contribution is -2.56. The third kappa shape index (κ3) is 2.16. The molecule has 2 bridgehead atoms. The van der Waals surface area contributed by atoms with E-state index in [0.717, 1.165) is 18.0 Å². The fourth-order valence-corrected chi connectivity index (χ4v) is 4.37. The second kappa shape index (κ2) is 5.49. The van der Waals surface area contributed by atoms with E-state index >= 15 is 0 Å². The largest absolute Gasteiger partial charge is 0.323 e. The molecule has 22 heavy (non-hydrogen) atoms. The number of benzene rings is 1. The first-order valence-corrected chi connectivity index (χ1v) is 8.24. The van der Waals surface area contributed by atoms with Crippen LogP contribution in [0, 0.1) is 11.8 Å². The molecule has 3 saturated heterocycles. The SMILES string of the molecule is C=CC1CN2CCC1C[C@H]2[C@@H](N)c1ccnc2ccccc12. The van der Waals surface area contributed by atoms with Crippen molar-refractivity contribution in [3.8, 4) is 0 Å². The Hall–Kier alpha value is -1.71. The zero-order chi connectivity index (χ0) is 15.1. The van der Waals surface area contributed by atoms with Gasteiger partial charge in [0.1, 0.15) is 0 Å². The lowest BCUT2D eigenvalue weighted by atomic mass is 9.73. The molecule has 0 aliphatic carbocycles. The van der Waals surface area contributed by atoms with Crippen molar-refractivity contribution in [2.45, 2.75) is 24.9 Å². The van der Waals surface area contributed by atoms with Crippen LogP contribution in [-0.4, -0.2) is 29.0 Å². The van der Waals surface area contributed by atoms with E-state index in [1.54, 1.807) is 0 Å². The van der Waals surface area contributed by atoms with Gasteiger partial charge < -0.3 is 5.73 Å². The van der Waals surface area contributed by atoms with E-state index < -0.39 is 0 Å². The Labute approximate surface area is 131 Å². The number of nitrogens with zero attached hydrogens (tertiary/aromatic N) is 2. The van der Waals surface area contributed by atoms with E-state index in [9.17, 15) is 0 Å². The normalized spacial score (nSPS) is 32.0. The van der Waals surface area contributed by atoms with Crippen molar-refractivity contribution in [2.24, 2.45) is 17.6 Å². The van der Waals surface area contributed by atoms with Gasteiger partial charge in [0.2, 0.25) is 0 Å². The maximum absolute atomic E-state index is 6.71. The summed E-state index contributed by atoms with van der Waals surface area (Å²) in [5, 5.41) is 1.19. The number of para-hydroxylation sites is 1. The van der Waals surface area contributed by atoms with Gasteiger partial charge in [0.05, 0.1) is 5.52 Å². The molecule has 2 aromatic rings. The monoisotopic (exact) mass is 293 g/mol. The van der Waals surface area contributed by atoms with Crippen molar-refractivity contribution in [3.63, 3.8) is 0 Å². The van der Waals surface area contributed by atoms with E-state index in [4.69, 9.17) is 5.73 Å². The Morgan fingerprint density at radius 1 is 1.32 bits per heavy atom. The summed E-state index contributed by atoms with van der Waals surface area (Å²) in [6.07, 6.45) is 6.51. The fraction of sp³-hybridized carbons (Fsp3) is 0.421. The molecule has 3 nitrogen and oxygen atoms in total. The molecule has 1 aromatic heterocycles. The molecule has 0 spiro atoms. The van der Waals surface area contributed by atoms with Crippen LogP contribution in [0.5, 0.6) is 0 Å². The van der Waals surface area contributed by atoms with Crippen molar-refractivity contribution in [2.75, 3.05) is 13.1 Å². The van der Waals surface area contributed by atoms with Crippen molar-refractivity contribution in [1.82, 2.24) is 9.88 Å². The molecule has 0 radical (unpaired) electrons. The number of hydrogen-bond acceptors (Lipinski definition) is 3. The lowest BCUT2D eigenvalue weighted by Gasteiger charge is -2.51. The number of pyridine rings is 1. The van der Waals surface area contributed by atoms with Crippen LogP contribution < -0.4 is 5.73 Å². The summed E-state index contributed by atoms with van der Waals surface area (Å²) >= 11 is 0. The van der Waals surface area contributed by atoms with E-state index in [1.807, 2.05) is 12.3 Å². The van der Waals surface area contributed by atoms with Crippen LogP contribution in [0.25, 0.3) is 10.9 Å². The summed E-state index contributed by atoms with van der Waals surface area (Å²) in [6, 6.07) is 10.9. The van der Waals surface area contributed by atoms with E-state index in [2.05, 4.69) is 46.8 Å². The van der Waals surface area contributed by atoms with Gasteiger partial charge in [-0.05, 0) is 48.9 Å². The summed E-state index contributed by atoms with van der Waals surface area (Å²) in [5.74, 6) is 1.40. The van der Waals surface area contributed by atoms with Gasteiger partial charge >= 0.3 is 0 Å². The van der Waals surface area contributed by atoms with Crippen molar-refractivity contribution < 1.29 is 0 Å². The minimum absolute atomic E-state index is 0.0569. The van der Waals surface area contributed by atoms with Crippen molar-refractivity contribution in [1.29, 1.82) is 0 Å². The highest BCUT2D eigenvalue weighted by Gasteiger charge is 2.41. The number of rotatable bonds is 3. The number of piperidine rings is 3. The third-order valence-corrected chi connectivity index (χ3v) is 5.61. The van der Waals surface area contributed by atoms with Crippen LogP contribution in [-0.2, 0) is 0 Å². The summed E-state index contributed by atoms with van der Waals surface area (Å²) in [7, 11) is 0. The lowest BCUT2D eigenvalue weighted by molar-refractivity contribution is 0.00749. The average Bonchev–Trinajstić information content (AvgIpc) is 2.60. The van der Waals surface area contributed by atoms with Crippen LogP contribution in [0.3, 0.4) is 0 Å². The highest BCUT2D eigenvalue weighted by Crippen LogP contribution is 2.41. The molecule has 5 atom stereocenters. The van der Waals surface area contributed by atoms with Crippen LogP contribution >= 0.6 is 0 Å². The maximum Gasteiger partial charge on any atom is 0.0705 e. The Morgan fingerprint density at radius 3 is 2.95 bits per heavy atom. The second-order valence-corrected chi connectivity index (χ2v) is 6.69. The predicted octanol–water partition coefficient (Wildman–Crippen LogP) is 3.13. The highest BCUT2D eigenvalue weighted by atomic mass is 15.2. The van der Waals surface area contributed by atoms with Gasteiger partial charge in [0.25, 0.3) is 0 Å². The van der Waals surface area contributed by atoms with Crippen LogP contribution in [0.1, 0.15) is 24.4 Å². The molecule has 5 rings (SSSR count). The van der Waals surface area contributed by atoms with Crippen LogP contribution in [0.4, 0.5) is 0 Å². The first-order valence-electron chi connectivity index (χ1n) is 8.24. The Bertz CT molecular complexity index is 691. The Morgan fingerprint density at radius 2 is 2.18 bits per heavy atom. The quantitative estimate of drug-likeness (QED) is 0.884. The molecular formula is C19H23N3. The van der Waals surface area contributed by atoms with Gasteiger partial charge in [-0.2, -0.15) is 0 Å². The number of hydrogen-bond donors (Lipinski definition) is 1. The molecule has 3 heteroatoms. The standard InChI is InChI=1S/C19H23N3/c1-2-13-12-22-10-8-14(13)11-18(22)19(20)16-7-9-21-17-6-4-3-5-15(16)17/h2-7,9,13-14,18-19H,1,8,10-12,20H2/t13?,14?,18-,19-/m0/s1. The molecule has 3 unspecified atom stereocenters. The van der Waals surface area contributed by atoms with Gasteiger partial charge in [-0.3, -0.25) is 9.88 Å². The Balaban J connectivity index is 1.67. The van der Waals surface area contributed by atoms with Gasteiger partial charge in [-0.15, -0.1) is 6.58 Å². The summed E-state index contributed by atoms with van der Waals surface area (Å²) in [6.45, 7) is 6.30. The molecule has 0 saturated carbocycles. The third-order valence-electron chi connectivity index (χ3n) is 5.61. The number of nitrogens with two attached hydrogens (primary N) is 1. The molecule has 3 fully saturated rings. The fourth-order valence-electron chi connectivity index (χ4n) is 4.37. The summed E-state index contributed by atoms with van der Waals surface area (Å²) in [5.41, 5.74) is 8.99. The predicted molar refractivity (Wildman–Crippen MR) is 90.4 cm³/mol. The topological polar surface area (TPSA) is 42.1 Å². The van der Waals surface area contributed by atoms with Crippen molar-refractivity contribution >= 4 is 10.9 Å². The molecular weight excluding hydrogens is 270 g/mol. The number of aromatic nitrogens is 1. The first kappa shape index (κ1) is 13.9. The molecule has 3 aliphatic heterocycles. The maximum atomic E-state index is 6.71. The molecule has 1 aromatic carbocycles. The highest BCUT2D eigenvalue weighted by molar-refractivity contribution is 5.82. The molecule has 114 valence electrons. The summed E-state index contributed by atoms with van der Waals surface area (Å²) in [4.78, 5) is 7.04. The van der Waals surface area contributed by atoms with Crippen LogP contribution in [0.15, 0.2) is 49.2 Å². The average molecular weight is 293 g/mol. The van der Waals surface area contributed by atoms with Crippen LogP contribution in [0.2, 0.25) is 0 Å². The molecule has 3 aliphatic rings. The molecule has 2 N–H and O–H groups in total. The second-order valence-electron chi connectivity index (χ2n) is 6.69. The minimum atomic E-state index is 0.0569. The van der Waals surface area contributed by atoms with E-state index in [-0.39, 0.29) is 6.04 Å². The smallest absolute Gasteiger partial charge is 0.0705 e. The van der Waals surface area contributed by atoms with Gasteiger partial charge in [0, 0.05) is 30.2 Å². The molecule has 0 amide bonds. The Kier molecular flexibility index (Phi) is 3.47. The van der Waals surface area contributed by atoms with Gasteiger partial charge in [-0.25, -0.2) is 0 Å². The minimum Gasteiger partial charge on any atom is -0.323 e. The first-order chi connectivity index (χ1) is 10.8. The van der Waals surface area contributed by atoms with E-state index in [1.165, 1.54) is 30.3 Å². The summed E-state index contributed by atoms with van der Waals surface area (Å²) < 4.78 is 0. The zero-order valence-electron chi connectivity index (χ0n) is 12.9. The zero-order valence-corrected chi connectivity index (χ0v) is 12.9. The van der Waals surface area contributed by atoms with Gasteiger partial charge in [-0.1, -0.05) is 24.3 Å².